The lowest BCUT2D eigenvalue weighted by Gasteiger charge is -2.40. The molecule has 2 atom stereocenters. The summed E-state index contributed by atoms with van der Waals surface area (Å²) in [6.45, 7) is 11.5. The molecule has 0 aromatic heterocycles. The minimum Gasteiger partial charge on any atom is -0.497 e. The standard InChI is InChI=1S/C16H31N3O/c1-14(2)16(19-9-7-18(3)8-10-19)13-17-12-15-6-4-5-11-20-15/h5,11,14-17H,4,6-10,12-13H2,1-3H3. The number of hydrogen-bond donors (Lipinski definition) is 1. The molecule has 0 aliphatic carbocycles. The maximum Gasteiger partial charge on any atom is 0.110 e. The maximum absolute atomic E-state index is 5.62. The van der Waals surface area contributed by atoms with E-state index in [-0.39, 0.29) is 0 Å². The summed E-state index contributed by atoms with van der Waals surface area (Å²) < 4.78 is 5.62. The van der Waals surface area contributed by atoms with Gasteiger partial charge in [-0.15, -0.1) is 0 Å². The molecule has 20 heavy (non-hydrogen) atoms. The summed E-state index contributed by atoms with van der Waals surface area (Å²) in [6.07, 6.45) is 6.62. The average molecular weight is 281 g/mol. The molecule has 1 saturated heterocycles. The molecule has 0 radical (unpaired) electrons. The first kappa shape index (κ1) is 15.8. The Bertz CT molecular complexity index is 298. The highest BCUT2D eigenvalue weighted by molar-refractivity contribution is 4.85. The van der Waals surface area contributed by atoms with E-state index in [0.717, 1.165) is 25.9 Å². The topological polar surface area (TPSA) is 27.7 Å². The predicted molar refractivity (Wildman–Crippen MR) is 83.8 cm³/mol. The largest absolute Gasteiger partial charge is 0.497 e. The van der Waals surface area contributed by atoms with Crippen LogP contribution in [0.4, 0.5) is 0 Å². The summed E-state index contributed by atoms with van der Waals surface area (Å²) >= 11 is 0. The van der Waals surface area contributed by atoms with Crippen LogP contribution < -0.4 is 5.32 Å². The smallest absolute Gasteiger partial charge is 0.110 e. The molecule has 4 nitrogen and oxygen atoms in total. The molecule has 2 unspecified atom stereocenters. The molecule has 0 amide bonds. The number of rotatable bonds is 6. The van der Waals surface area contributed by atoms with Gasteiger partial charge in [-0.25, -0.2) is 0 Å². The Morgan fingerprint density at radius 3 is 2.60 bits per heavy atom. The Morgan fingerprint density at radius 1 is 1.25 bits per heavy atom. The van der Waals surface area contributed by atoms with E-state index < -0.39 is 0 Å². The van der Waals surface area contributed by atoms with Crippen LogP contribution in [0.3, 0.4) is 0 Å². The van der Waals surface area contributed by atoms with Gasteiger partial charge in [-0.1, -0.05) is 13.8 Å². The van der Waals surface area contributed by atoms with Crippen molar-refractivity contribution in [1.29, 1.82) is 0 Å². The zero-order chi connectivity index (χ0) is 14.4. The van der Waals surface area contributed by atoms with Crippen LogP contribution in [0.1, 0.15) is 26.7 Å². The molecular weight excluding hydrogens is 250 g/mol. The third-order valence-corrected chi connectivity index (χ3v) is 4.52. The van der Waals surface area contributed by atoms with Gasteiger partial charge in [0, 0.05) is 45.3 Å². The van der Waals surface area contributed by atoms with Gasteiger partial charge in [-0.3, -0.25) is 4.90 Å². The van der Waals surface area contributed by atoms with Crippen LogP contribution in [-0.2, 0) is 4.74 Å². The fraction of sp³-hybridized carbons (Fsp3) is 0.875. The van der Waals surface area contributed by atoms with E-state index >= 15 is 0 Å². The fourth-order valence-electron chi connectivity index (χ4n) is 3.07. The highest BCUT2D eigenvalue weighted by Gasteiger charge is 2.24. The normalized spacial score (nSPS) is 26.7. The van der Waals surface area contributed by atoms with E-state index in [4.69, 9.17) is 4.74 Å². The van der Waals surface area contributed by atoms with Gasteiger partial charge in [0.2, 0.25) is 0 Å². The van der Waals surface area contributed by atoms with Gasteiger partial charge in [-0.2, -0.15) is 0 Å². The second-order valence-electron chi connectivity index (χ2n) is 6.52. The lowest BCUT2D eigenvalue weighted by atomic mass is 10.0. The van der Waals surface area contributed by atoms with E-state index in [1.807, 2.05) is 6.26 Å². The number of allylic oxidation sites excluding steroid dienone is 1. The van der Waals surface area contributed by atoms with Gasteiger partial charge in [0.1, 0.15) is 6.10 Å². The van der Waals surface area contributed by atoms with Crippen LogP contribution in [0.15, 0.2) is 12.3 Å². The van der Waals surface area contributed by atoms with Crippen LogP contribution in [0.2, 0.25) is 0 Å². The molecule has 0 aromatic rings. The van der Waals surface area contributed by atoms with Gasteiger partial charge < -0.3 is 15.0 Å². The second-order valence-corrected chi connectivity index (χ2v) is 6.52. The molecule has 0 bridgehead atoms. The van der Waals surface area contributed by atoms with Crippen molar-refractivity contribution >= 4 is 0 Å². The van der Waals surface area contributed by atoms with Crippen LogP contribution >= 0.6 is 0 Å². The van der Waals surface area contributed by atoms with E-state index in [0.29, 0.717) is 18.1 Å². The SMILES string of the molecule is CC(C)C(CNCC1CCC=CO1)N1CCN(C)CC1. The van der Waals surface area contributed by atoms with Crippen LogP contribution in [0, 0.1) is 5.92 Å². The number of ether oxygens (including phenoxy) is 1. The highest BCUT2D eigenvalue weighted by Crippen LogP contribution is 2.13. The maximum atomic E-state index is 5.62. The summed E-state index contributed by atoms with van der Waals surface area (Å²) in [5.41, 5.74) is 0. The summed E-state index contributed by atoms with van der Waals surface area (Å²) in [5.74, 6) is 0.693. The summed E-state index contributed by atoms with van der Waals surface area (Å²) in [6, 6.07) is 0.642. The van der Waals surface area contributed by atoms with Gasteiger partial charge in [0.05, 0.1) is 6.26 Å². The highest BCUT2D eigenvalue weighted by atomic mass is 16.5. The van der Waals surface area contributed by atoms with Crippen molar-refractivity contribution in [3.05, 3.63) is 12.3 Å². The van der Waals surface area contributed by atoms with Crippen molar-refractivity contribution in [1.82, 2.24) is 15.1 Å². The van der Waals surface area contributed by atoms with Gasteiger partial charge in [-0.05, 0) is 31.9 Å². The van der Waals surface area contributed by atoms with Crippen molar-refractivity contribution in [2.45, 2.75) is 38.8 Å². The molecule has 0 spiro atoms. The number of nitrogens with one attached hydrogen (secondary N) is 1. The van der Waals surface area contributed by atoms with Gasteiger partial charge in [0.15, 0.2) is 0 Å². The zero-order valence-electron chi connectivity index (χ0n) is 13.3. The third kappa shape index (κ3) is 4.76. The summed E-state index contributed by atoms with van der Waals surface area (Å²) in [4.78, 5) is 5.07. The molecule has 2 aliphatic heterocycles. The third-order valence-electron chi connectivity index (χ3n) is 4.52. The van der Waals surface area contributed by atoms with Crippen LogP contribution in [-0.4, -0.2) is 68.3 Å². The van der Waals surface area contributed by atoms with Crippen molar-refractivity contribution in [2.24, 2.45) is 5.92 Å². The Morgan fingerprint density at radius 2 is 2.00 bits per heavy atom. The first-order valence-corrected chi connectivity index (χ1v) is 8.10. The van der Waals surface area contributed by atoms with E-state index in [1.165, 1.54) is 26.2 Å². The van der Waals surface area contributed by atoms with Crippen molar-refractivity contribution in [3.63, 3.8) is 0 Å². The van der Waals surface area contributed by atoms with Crippen LogP contribution in [0.25, 0.3) is 0 Å². The summed E-state index contributed by atoms with van der Waals surface area (Å²) in [5, 5.41) is 3.63. The minimum atomic E-state index is 0.361. The molecule has 1 N–H and O–H groups in total. The fourth-order valence-corrected chi connectivity index (χ4v) is 3.07. The Kier molecular flexibility index (Phi) is 6.33. The molecule has 2 rings (SSSR count). The number of piperazine rings is 1. The molecule has 2 heterocycles. The van der Waals surface area contributed by atoms with Gasteiger partial charge in [0.25, 0.3) is 0 Å². The Hall–Kier alpha value is -0.580. The predicted octanol–water partition coefficient (Wildman–Crippen LogP) is 1.54. The molecule has 1 fully saturated rings. The van der Waals surface area contributed by atoms with E-state index in [9.17, 15) is 0 Å². The van der Waals surface area contributed by atoms with E-state index in [1.54, 1.807) is 0 Å². The minimum absolute atomic E-state index is 0.361. The molecular formula is C16H31N3O. The molecule has 0 saturated carbocycles. The van der Waals surface area contributed by atoms with E-state index in [2.05, 4.69) is 42.1 Å². The lowest BCUT2D eigenvalue weighted by Crippen LogP contribution is -2.54. The van der Waals surface area contributed by atoms with Gasteiger partial charge >= 0.3 is 0 Å². The number of hydrogen-bond acceptors (Lipinski definition) is 4. The summed E-state index contributed by atoms with van der Waals surface area (Å²) in [7, 11) is 2.22. The lowest BCUT2D eigenvalue weighted by molar-refractivity contribution is 0.0808. The first-order valence-electron chi connectivity index (χ1n) is 8.10. The van der Waals surface area contributed by atoms with Crippen LogP contribution in [0.5, 0.6) is 0 Å². The quantitative estimate of drug-likeness (QED) is 0.799. The molecule has 4 heteroatoms. The van der Waals surface area contributed by atoms with Crippen molar-refractivity contribution < 1.29 is 4.74 Å². The number of likely N-dealkylation sites (N-methyl/N-ethyl adjacent to an activating group) is 1. The van der Waals surface area contributed by atoms with Crippen molar-refractivity contribution in [2.75, 3.05) is 46.3 Å². The molecule has 116 valence electrons. The number of nitrogens with zero attached hydrogens (tertiary/aromatic N) is 2. The van der Waals surface area contributed by atoms with Crippen molar-refractivity contribution in [3.8, 4) is 0 Å². The average Bonchev–Trinajstić information content (AvgIpc) is 2.46. The Balaban J connectivity index is 1.73. The first-order chi connectivity index (χ1) is 9.66. The monoisotopic (exact) mass is 281 g/mol. The molecule has 2 aliphatic rings. The zero-order valence-corrected chi connectivity index (χ0v) is 13.3. The second kappa shape index (κ2) is 8.01. The molecule has 0 aromatic carbocycles. The Labute approximate surface area is 124 Å².